The largest absolute Gasteiger partial charge is 0.481 e. The van der Waals surface area contributed by atoms with Crippen LogP contribution in [-0.2, 0) is 11.3 Å². The second kappa shape index (κ2) is 6.13. The molecule has 0 unspecified atom stereocenters. The molecule has 3 N–H and O–H groups in total. The van der Waals surface area contributed by atoms with Crippen molar-refractivity contribution in [2.45, 2.75) is 25.8 Å². The number of hydrogen-bond acceptors (Lipinski definition) is 2. The SMILES string of the molecule is O=C(NCc1cccc(Cl)c1)NCC1(C(=O)O)CCC1. The smallest absolute Gasteiger partial charge is 0.315 e. The van der Waals surface area contributed by atoms with Crippen molar-refractivity contribution in [1.82, 2.24) is 10.6 Å². The molecule has 1 aromatic carbocycles. The first-order valence-corrected chi connectivity index (χ1v) is 6.89. The molecule has 1 aliphatic carbocycles. The molecule has 6 heteroatoms. The zero-order chi connectivity index (χ0) is 14.6. The molecule has 0 radical (unpaired) electrons. The van der Waals surface area contributed by atoms with Gasteiger partial charge < -0.3 is 15.7 Å². The first-order valence-electron chi connectivity index (χ1n) is 6.51. The third-order valence-corrected chi connectivity index (χ3v) is 3.93. The van der Waals surface area contributed by atoms with Crippen LogP contribution < -0.4 is 10.6 Å². The van der Waals surface area contributed by atoms with Crippen molar-refractivity contribution in [2.75, 3.05) is 6.54 Å². The quantitative estimate of drug-likeness (QED) is 0.780. The molecule has 0 aromatic heterocycles. The van der Waals surface area contributed by atoms with Crippen molar-refractivity contribution in [3.05, 3.63) is 34.9 Å². The van der Waals surface area contributed by atoms with E-state index in [-0.39, 0.29) is 12.6 Å². The van der Waals surface area contributed by atoms with Crippen LogP contribution in [0.2, 0.25) is 5.02 Å². The molecular weight excluding hydrogens is 280 g/mol. The van der Waals surface area contributed by atoms with Crippen LogP contribution in [0.5, 0.6) is 0 Å². The van der Waals surface area contributed by atoms with E-state index in [1.165, 1.54) is 0 Å². The van der Waals surface area contributed by atoms with Gasteiger partial charge in [0.05, 0.1) is 5.41 Å². The number of benzene rings is 1. The highest BCUT2D eigenvalue weighted by Gasteiger charge is 2.44. The lowest BCUT2D eigenvalue weighted by atomic mass is 9.69. The summed E-state index contributed by atoms with van der Waals surface area (Å²) in [4.78, 5) is 22.8. The van der Waals surface area contributed by atoms with E-state index in [1.807, 2.05) is 12.1 Å². The van der Waals surface area contributed by atoms with Gasteiger partial charge in [-0.25, -0.2) is 4.79 Å². The minimum absolute atomic E-state index is 0.170. The van der Waals surface area contributed by atoms with Crippen molar-refractivity contribution in [2.24, 2.45) is 5.41 Å². The molecule has 1 fully saturated rings. The van der Waals surface area contributed by atoms with E-state index < -0.39 is 11.4 Å². The van der Waals surface area contributed by atoms with Gasteiger partial charge in [0.15, 0.2) is 0 Å². The maximum Gasteiger partial charge on any atom is 0.315 e. The molecule has 20 heavy (non-hydrogen) atoms. The molecule has 1 aliphatic rings. The summed E-state index contributed by atoms with van der Waals surface area (Å²) in [5, 5.41) is 15.1. The lowest BCUT2D eigenvalue weighted by molar-refractivity contribution is -0.153. The first kappa shape index (κ1) is 14.7. The van der Waals surface area contributed by atoms with Gasteiger partial charge >= 0.3 is 12.0 Å². The summed E-state index contributed by atoms with van der Waals surface area (Å²) in [6, 6.07) is 6.84. The van der Waals surface area contributed by atoms with E-state index in [1.54, 1.807) is 12.1 Å². The molecule has 0 bridgehead atoms. The molecule has 2 rings (SSSR count). The predicted molar refractivity (Wildman–Crippen MR) is 75.6 cm³/mol. The van der Waals surface area contributed by atoms with E-state index in [4.69, 9.17) is 16.7 Å². The van der Waals surface area contributed by atoms with Gasteiger partial charge in [0.25, 0.3) is 0 Å². The summed E-state index contributed by atoms with van der Waals surface area (Å²) in [7, 11) is 0. The molecule has 5 nitrogen and oxygen atoms in total. The van der Waals surface area contributed by atoms with Crippen molar-refractivity contribution < 1.29 is 14.7 Å². The van der Waals surface area contributed by atoms with Gasteiger partial charge in [0, 0.05) is 18.1 Å². The molecular formula is C14H17ClN2O3. The second-order valence-electron chi connectivity index (χ2n) is 5.11. The predicted octanol–water partition coefficient (Wildman–Crippen LogP) is 2.39. The Labute approximate surface area is 122 Å². The minimum atomic E-state index is -0.834. The van der Waals surface area contributed by atoms with Gasteiger partial charge in [-0.2, -0.15) is 0 Å². The third kappa shape index (κ3) is 3.42. The van der Waals surface area contributed by atoms with Crippen molar-refractivity contribution in [3.8, 4) is 0 Å². The number of carboxylic acid groups (broad SMARTS) is 1. The average molecular weight is 297 g/mol. The van der Waals surface area contributed by atoms with Gasteiger partial charge in [-0.1, -0.05) is 30.2 Å². The molecule has 108 valence electrons. The van der Waals surface area contributed by atoms with Crippen LogP contribution in [-0.4, -0.2) is 23.7 Å². The van der Waals surface area contributed by atoms with E-state index in [0.29, 0.717) is 24.4 Å². The van der Waals surface area contributed by atoms with E-state index in [0.717, 1.165) is 12.0 Å². The molecule has 1 saturated carbocycles. The number of carbonyl (C=O) groups is 2. The van der Waals surface area contributed by atoms with Crippen molar-refractivity contribution >= 4 is 23.6 Å². The lowest BCUT2D eigenvalue weighted by Gasteiger charge is -2.37. The average Bonchev–Trinajstić information content (AvgIpc) is 2.34. The Hall–Kier alpha value is -1.75. The first-order chi connectivity index (χ1) is 9.52. The van der Waals surface area contributed by atoms with Crippen LogP contribution in [0, 0.1) is 5.41 Å². The zero-order valence-corrected chi connectivity index (χ0v) is 11.7. The van der Waals surface area contributed by atoms with E-state index in [2.05, 4.69) is 10.6 Å². The highest BCUT2D eigenvalue weighted by atomic mass is 35.5. The Morgan fingerprint density at radius 2 is 2.05 bits per heavy atom. The van der Waals surface area contributed by atoms with Crippen molar-refractivity contribution in [1.29, 1.82) is 0 Å². The highest BCUT2D eigenvalue weighted by Crippen LogP contribution is 2.40. The fraction of sp³-hybridized carbons (Fsp3) is 0.429. The number of aliphatic carboxylic acids is 1. The highest BCUT2D eigenvalue weighted by molar-refractivity contribution is 6.30. The Morgan fingerprint density at radius 3 is 2.60 bits per heavy atom. The number of amides is 2. The summed E-state index contributed by atoms with van der Waals surface area (Å²) >= 11 is 5.85. The fourth-order valence-corrected chi connectivity index (χ4v) is 2.42. The van der Waals surface area contributed by atoms with Gasteiger partial charge in [0.2, 0.25) is 0 Å². The summed E-state index contributed by atoms with van der Waals surface area (Å²) in [6.45, 7) is 0.524. The van der Waals surface area contributed by atoms with Crippen LogP contribution >= 0.6 is 11.6 Å². The van der Waals surface area contributed by atoms with Crippen LogP contribution in [0.4, 0.5) is 4.79 Å². The van der Waals surface area contributed by atoms with Crippen LogP contribution in [0.25, 0.3) is 0 Å². The van der Waals surface area contributed by atoms with E-state index in [9.17, 15) is 9.59 Å². The Bertz CT molecular complexity index is 515. The number of nitrogens with one attached hydrogen (secondary N) is 2. The topological polar surface area (TPSA) is 78.4 Å². The minimum Gasteiger partial charge on any atom is -0.481 e. The van der Waals surface area contributed by atoms with Gasteiger partial charge in [-0.3, -0.25) is 4.79 Å². The third-order valence-electron chi connectivity index (χ3n) is 3.69. The Morgan fingerprint density at radius 1 is 1.30 bits per heavy atom. The lowest BCUT2D eigenvalue weighted by Crippen LogP contribution is -2.49. The van der Waals surface area contributed by atoms with Crippen LogP contribution in [0.3, 0.4) is 0 Å². The van der Waals surface area contributed by atoms with Gasteiger partial charge in [-0.05, 0) is 30.5 Å². The summed E-state index contributed by atoms with van der Waals surface area (Å²) in [5.74, 6) is -0.834. The normalized spacial score (nSPS) is 16.1. The number of rotatable bonds is 5. The van der Waals surface area contributed by atoms with Crippen LogP contribution in [0.15, 0.2) is 24.3 Å². The maximum absolute atomic E-state index is 11.7. The molecule has 2 amide bonds. The number of hydrogen-bond donors (Lipinski definition) is 3. The molecule has 0 saturated heterocycles. The summed E-state index contributed by atoms with van der Waals surface area (Å²) in [6.07, 6.45) is 2.14. The molecule has 0 aliphatic heterocycles. The number of carboxylic acids is 1. The number of halogens is 1. The summed E-state index contributed by atoms with van der Waals surface area (Å²) < 4.78 is 0. The molecule has 0 spiro atoms. The zero-order valence-electron chi connectivity index (χ0n) is 11.0. The number of carbonyl (C=O) groups excluding carboxylic acids is 1. The fourth-order valence-electron chi connectivity index (χ4n) is 2.21. The van der Waals surface area contributed by atoms with Crippen molar-refractivity contribution in [3.63, 3.8) is 0 Å². The molecule has 1 aromatic rings. The van der Waals surface area contributed by atoms with Gasteiger partial charge in [-0.15, -0.1) is 0 Å². The standard InChI is InChI=1S/C14H17ClN2O3/c15-11-4-1-3-10(7-11)8-16-13(20)17-9-14(12(18)19)5-2-6-14/h1,3-4,7H,2,5-6,8-9H2,(H,18,19)(H2,16,17,20). The van der Waals surface area contributed by atoms with Gasteiger partial charge in [0.1, 0.15) is 0 Å². The maximum atomic E-state index is 11.7. The van der Waals surface area contributed by atoms with Crippen LogP contribution in [0.1, 0.15) is 24.8 Å². The molecule has 0 atom stereocenters. The second-order valence-corrected chi connectivity index (χ2v) is 5.54. The summed E-state index contributed by atoms with van der Waals surface area (Å²) in [5.41, 5.74) is 0.122. The molecule has 0 heterocycles. The van der Waals surface area contributed by atoms with E-state index >= 15 is 0 Å². The number of urea groups is 1. The Balaban J connectivity index is 1.77. The monoisotopic (exact) mass is 296 g/mol. The Kier molecular flexibility index (Phi) is 4.49.